The molecule has 2 rings (SSSR count). The fourth-order valence-corrected chi connectivity index (χ4v) is 1.92. The number of benzene rings is 1. The lowest BCUT2D eigenvalue weighted by molar-refractivity contribution is 0.0548. The first-order valence-electron chi connectivity index (χ1n) is 6.91. The van der Waals surface area contributed by atoms with E-state index in [9.17, 15) is 4.79 Å². The third-order valence-electron chi connectivity index (χ3n) is 2.77. The average molecular weight is 287 g/mol. The van der Waals surface area contributed by atoms with Gasteiger partial charge in [0.15, 0.2) is 0 Å². The Morgan fingerprint density at radius 2 is 1.95 bits per heavy atom. The Balaban J connectivity index is 2.18. The van der Waals surface area contributed by atoms with Gasteiger partial charge in [-0.25, -0.2) is 4.79 Å². The molecule has 0 bridgehead atoms. The van der Waals surface area contributed by atoms with Gasteiger partial charge in [-0.15, -0.1) is 0 Å². The van der Waals surface area contributed by atoms with Crippen LogP contribution >= 0.6 is 0 Å². The van der Waals surface area contributed by atoms with Crippen LogP contribution in [-0.2, 0) is 4.74 Å². The Labute approximate surface area is 125 Å². The van der Waals surface area contributed by atoms with Crippen LogP contribution in [0.3, 0.4) is 0 Å². The van der Waals surface area contributed by atoms with Crippen molar-refractivity contribution >= 4 is 11.8 Å². The molecule has 1 aromatic carbocycles. The van der Waals surface area contributed by atoms with Crippen LogP contribution in [0.1, 0.15) is 26.3 Å². The van der Waals surface area contributed by atoms with Gasteiger partial charge in [0.05, 0.1) is 12.2 Å². The van der Waals surface area contributed by atoms with E-state index in [0.717, 1.165) is 11.3 Å². The number of rotatable bonds is 2. The van der Waals surface area contributed by atoms with Crippen molar-refractivity contribution < 1.29 is 9.53 Å². The van der Waals surface area contributed by atoms with Crippen LogP contribution in [0.4, 0.5) is 4.79 Å². The molecule has 21 heavy (non-hydrogen) atoms. The molecule has 1 aliphatic rings. The van der Waals surface area contributed by atoms with Gasteiger partial charge < -0.3 is 4.74 Å². The second-order valence-electron chi connectivity index (χ2n) is 5.90. The zero-order valence-corrected chi connectivity index (χ0v) is 12.9. The van der Waals surface area contributed by atoms with Crippen LogP contribution in [0.5, 0.6) is 0 Å². The summed E-state index contributed by atoms with van der Waals surface area (Å²) in [7, 11) is 1.89. The van der Waals surface area contributed by atoms with Gasteiger partial charge in [0.2, 0.25) is 0 Å². The molecule has 0 aromatic heterocycles. The zero-order valence-electron chi connectivity index (χ0n) is 12.9. The molecule has 0 atom stereocenters. The van der Waals surface area contributed by atoms with E-state index in [2.05, 4.69) is 10.4 Å². The minimum absolute atomic E-state index is 0.470. The van der Waals surface area contributed by atoms with E-state index < -0.39 is 11.7 Å². The van der Waals surface area contributed by atoms with Crippen molar-refractivity contribution in [2.75, 3.05) is 13.6 Å². The van der Waals surface area contributed by atoms with Crippen molar-refractivity contribution in [1.82, 2.24) is 10.3 Å². The molecule has 1 aliphatic heterocycles. The summed E-state index contributed by atoms with van der Waals surface area (Å²) in [6, 6.07) is 9.75. The summed E-state index contributed by atoms with van der Waals surface area (Å²) in [5.41, 5.74) is 1.83. The first-order valence-corrected chi connectivity index (χ1v) is 6.91. The number of allylic oxidation sites excluding steroid dienone is 1. The van der Waals surface area contributed by atoms with E-state index in [-0.39, 0.29) is 0 Å². The number of hydrogen-bond acceptors (Lipinski definition) is 4. The Hall–Kier alpha value is -2.30. The fraction of sp³-hybridized carbons (Fsp3) is 0.375. The summed E-state index contributed by atoms with van der Waals surface area (Å²) in [6.07, 6.45) is 1.46. The molecule has 5 heteroatoms. The largest absolute Gasteiger partial charge is 0.444 e. The van der Waals surface area contributed by atoms with Gasteiger partial charge in [0.1, 0.15) is 11.3 Å². The standard InChI is InChI=1S/C16H21N3O2/c1-16(2,3)21-15(20)17-13-10-11-19(4)18-14(13)12-8-6-5-7-9-12/h5-10H,11H2,1-4H3,(H,17,20). The monoisotopic (exact) mass is 287 g/mol. The van der Waals surface area contributed by atoms with Crippen molar-refractivity contribution in [3.8, 4) is 0 Å². The summed E-state index contributed by atoms with van der Waals surface area (Å²) in [6.45, 7) is 6.15. The second-order valence-corrected chi connectivity index (χ2v) is 5.90. The van der Waals surface area contributed by atoms with Crippen molar-refractivity contribution in [2.24, 2.45) is 5.10 Å². The van der Waals surface area contributed by atoms with Crippen LogP contribution < -0.4 is 5.32 Å². The molecule has 0 saturated heterocycles. The van der Waals surface area contributed by atoms with E-state index in [1.807, 2.05) is 69.2 Å². The van der Waals surface area contributed by atoms with E-state index in [1.54, 1.807) is 0 Å². The fourth-order valence-electron chi connectivity index (χ4n) is 1.92. The Morgan fingerprint density at radius 1 is 1.29 bits per heavy atom. The molecule has 1 N–H and O–H groups in total. The van der Waals surface area contributed by atoms with Crippen molar-refractivity contribution in [3.63, 3.8) is 0 Å². The molecule has 0 fully saturated rings. The number of likely N-dealkylation sites (N-methyl/N-ethyl adjacent to an activating group) is 1. The maximum absolute atomic E-state index is 11.9. The number of carbonyl (C=O) groups excluding carboxylic acids is 1. The van der Waals surface area contributed by atoms with Gasteiger partial charge in [0, 0.05) is 12.6 Å². The van der Waals surface area contributed by atoms with Gasteiger partial charge in [-0.05, 0) is 26.8 Å². The quantitative estimate of drug-likeness (QED) is 0.910. The summed E-state index contributed by atoms with van der Waals surface area (Å²) in [4.78, 5) is 11.9. The van der Waals surface area contributed by atoms with Crippen LogP contribution in [0.15, 0.2) is 47.2 Å². The van der Waals surface area contributed by atoms with E-state index in [0.29, 0.717) is 12.2 Å². The maximum atomic E-state index is 11.9. The Kier molecular flexibility index (Phi) is 4.31. The number of nitrogens with zero attached hydrogens (tertiary/aromatic N) is 2. The number of amides is 1. The SMILES string of the molecule is CN1CC=C(NC(=O)OC(C)(C)C)C(c2ccccc2)=N1. The minimum atomic E-state index is -0.528. The summed E-state index contributed by atoms with van der Waals surface area (Å²) in [5.74, 6) is 0. The number of ether oxygens (including phenoxy) is 1. The summed E-state index contributed by atoms with van der Waals surface area (Å²) < 4.78 is 5.29. The molecule has 0 unspecified atom stereocenters. The highest BCUT2D eigenvalue weighted by Gasteiger charge is 2.21. The normalized spacial score (nSPS) is 15.1. The molecule has 0 saturated carbocycles. The second kappa shape index (κ2) is 5.99. The van der Waals surface area contributed by atoms with E-state index >= 15 is 0 Å². The van der Waals surface area contributed by atoms with Gasteiger partial charge in [-0.2, -0.15) is 5.10 Å². The van der Waals surface area contributed by atoms with E-state index in [1.165, 1.54) is 0 Å². The third-order valence-corrected chi connectivity index (χ3v) is 2.77. The van der Waals surface area contributed by atoms with Crippen LogP contribution in [0.2, 0.25) is 0 Å². The molecule has 1 amide bonds. The molecule has 0 radical (unpaired) electrons. The molecule has 1 heterocycles. The minimum Gasteiger partial charge on any atom is -0.444 e. The van der Waals surface area contributed by atoms with Gasteiger partial charge in [0.25, 0.3) is 0 Å². The van der Waals surface area contributed by atoms with Crippen LogP contribution in [-0.4, -0.2) is 36.0 Å². The molecule has 0 aliphatic carbocycles. The molecular formula is C16H21N3O2. The van der Waals surface area contributed by atoms with Gasteiger partial charge in [-0.3, -0.25) is 10.3 Å². The predicted molar refractivity (Wildman–Crippen MR) is 83.1 cm³/mol. The smallest absolute Gasteiger partial charge is 0.412 e. The van der Waals surface area contributed by atoms with Crippen LogP contribution in [0, 0.1) is 0 Å². The highest BCUT2D eigenvalue weighted by atomic mass is 16.6. The zero-order chi connectivity index (χ0) is 15.5. The lowest BCUT2D eigenvalue weighted by atomic mass is 10.1. The molecule has 0 spiro atoms. The molecular weight excluding hydrogens is 266 g/mol. The number of hydrogen-bond donors (Lipinski definition) is 1. The van der Waals surface area contributed by atoms with Gasteiger partial charge >= 0.3 is 6.09 Å². The van der Waals surface area contributed by atoms with Crippen LogP contribution in [0.25, 0.3) is 0 Å². The van der Waals surface area contributed by atoms with E-state index in [4.69, 9.17) is 4.74 Å². The van der Waals surface area contributed by atoms with Crippen molar-refractivity contribution in [1.29, 1.82) is 0 Å². The molecule has 5 nitrogen and oxygen atoms in total. The highest BCUT2D eigenvalue weighted by molar-refractivity contribution is 6.13. The number of alkyl carbamates (subject to hydrolysis) is 1. The first-order chi connectivity index (χ1) is 9.85. The Morgan fingerprint density at radius 3 is 2.57 bits per heavy atom. The number of carbonyl (C=O) groups is 1. The third kappa shape index (κ3) is 4.34. The van der Waals surface area contributed by atoms with Crippen molar-refractivity contribution in [2.45, 2.75) is 26.4 Å². The highest BCUT2D eigenvalue weighted by Crippen LogP contribution is 2.14. The van der Waals surface area contributed by atoms with Gasteiger partial charge in [-0.1, -0.05) is 30.3 Å². The molecule has 112 valence electrons. The number of nitrogens with one attached hydrogen (secondary N) is 1. The van der Waals surface area contributed by atoms with Crippen molar-refractivity contribution in [3.05, 3.63) is 47.7 Å². The lowest BCUT2D eigenvalue weighted by Crippen LogP contribution is -2.36. The lowest BCUT2D eigenvalue weighted by Gasteiger charge is -2.24. The average Bonchev–Trinajstić information content (AvgIpc) is 2.40. The predicted octanol–water partition coefficient (Wildman–Crippen LogP) is 2.74. The topological polar surface area (TPSA) is 53.9 Å². The first kappa shape index (κ1) is 15.1. The number of hydrazone groups is 1. The maximum Gasteiger partial charge on any atom is 0.412 e. The molecule has 1 aromatic rings. The Bertz CT molecular complexity index is 571. The summed E-state index contributed by atoms with van der Waals surface area (Å²) in [5, 5.41) is 9.10. The summed E-state index contributed by atoms with van der Waals surface area (Å²) >= 11 is 0.